The van der Waals surface area contributed by atoms with E-state index in [9.17, 15) is 9.18 Å². The minimum absolute atomic E-state index is 0.0675. The fraction of sp³-hybridized carbons (Fsp3) is 0.533. The molecule has 0 spiro atoms. The summed E-state index contributed by atoms with van der Waals surface area (Å²) in [6.45, 7) is 2.30. The van der Waals surface area contributed by atoms with Gasteiger partial charge in [0.15, 0.2) is 0 Å². The molecule has 20 heavy (non-hydrogen) atoms. The van der Waals surface area contributed by atoms with Crippen LogP contribution in [0.3, 0.4) is 0 Å². The number of rotatable bonds is 2. The summed E-state index contributed by atoms with van der Waals surface area (Å²) in [4.78, 5) is 14.6. The molecule has 1 aromatic rings. The van der Waals surface area contributed by atoms with E-state index in [2.05, 4.69) is 15.5 Å². The van der Waals surface area contributed by atoms with Gasteiger partial charge in [-0.1, -0.05) is 6.07 Å². The Hall–Kier alpha value is -1.46. The maximum Gasteiger partial charge on any atom is 0.246 e. The molecular formula is C15H18FN3O. The van der Waals surface area contributed by atoms with E-state index in [-0.39, 0.29) is 17.8 Å². The van der Waals surface area contributed by atoms with Crippen LogP contribution in [0.15, 0.2) is 18.2 Å². The lowest BCUT2D eigenvalue weighted by Crippen LogP contribution is -2.42. The second kappa shape index (κ2) is 4.53. The fourth-order valence-corrected chi connectivity index (χ4v) is 3.89. The summed E-state index contributed by atoms with van der Waals surface area (Å²) in [7, 11) is 0. The number of nitrogens with zero attached hydrogens (tertiary/aromatic N) is 1. The average molecular weight is 275 g/mol. The third-order valence-corrected chi connectivity index (χ3v) is 4.83. The molecule has 4 nitrogen and oxygen atoms in total. The van der Waals surface area contributed by atoms with Crippen LogP contribution < -0.4 is 10.6 Å². The maximum atomic E-state index is 13.2. The van der Waals surface area contributed by atoms with Crippen LogP contribution in [0.5, 0.6) is 0 Å². The molecule has 1 aromatic carbocycles. The molecule has 4 rings (SSSR count). The molecule has 0 aliphatic carbocycles. The van der Waals surface area contributed by atoms with Crippen LogP contribution in [0, 0.1) is 5.82 Å². The van der Waals surface area contributed by atoms with Gasteiger partial charge < -0.3 is 5.32 Å². The van der Waals surface area contributed by atoms with Crippen molar-refractivity contribution in [3.63, 3.8) is 0 Å². The molecule has 2 saturated heterocycles. The number of carbonyl (C=O) groups is 1. The summed E-state index contributed by atoms with van der Waals surface area (Å²) < 4.78 is 13.2. The van der Waals surface area contributed by atoms with Gasteiger partial charge in [-0.05, 0) is 37.9 Å². The zero-order valence-corrected chi connectivity index (χ0v) is 11.2. The Morgan fingerprint density at radius 3 is 3.10 bits per heavy atom. The number of fused-ring (bicyclic) bond motifs is 2. The highest BCUT2D eigenvalue weighted by Crippen LogP contribution is 2.34. The molecule has 5 heteroatoms. The Morgan fingerprint density at radius 2 is 2.20 bits per heavy atom. The first-order chi connectivity index (χ1) is 9.72. The van der Waals surface area contributed by atoms with Gasteiger partial charge in [0.05, 0.1) is 0 Å². The topological polar surface area (TPSA) is 44.4 Å². The molecule has 0 aromatic heterocycles. The lowest BCUT2D eigenvalue weighted by molar-refractivity contribution is -0.117. The molecule has 2 N–H and O–H groups in total. The highest BCUT2D eigenvalue weighted by molar-refractivity contribution is 6.02. The third kappa shape index (κ3) is 1.84. The minimum Gasteiger partial charge on any atom is -0.324 e. The summed E-state index contributed by atoms with van der Waals surface area (Å²) in [6, 6.07) is 5.12. The van der Waals surface area contributed by atoms with E-state index in [4.69, 9.17) is 0 Å². The molecule has 3 unspecified atom stereocenters. The lowest BCUT2D eigenvalue weighted by atomic mass is 10.0. The molecule has 3 atom stereocenters. The van der Waals surface area contributed by atoms with Crippen molar-refractivity contribution in [3.8, 4) is 0 Å². The van der Waals surface area contributed by atoms with Gasteiger partial charge in [0, 0.05) is 29.9 Å². The van der Waals surface area contributed by atoms with E-state index < -0.39 is 0 Å². The monoisotopic (exact) mass is 275 g/mol. The summed E-state index contributed by atoms with van der Waals surface area (Å²) >= 11 is 0. The Balaban J connectivity index is 1.56. The first-order valence-electron chi connectivity index (χ1n) is 7.33. The second-order valence-electron chi connectivity index (χ2n) is 5.96. The van der Waals surface area contributed by atoms with Crippen LogP contribution in [-0.2, 0) is 4.79 Å². The van der Waals surface area contributed by atoms with Gasteiger partial charge in [-0.2, -0.15) is 0 Å². The van der Waals surface area contributed by atoms with Crippen LogP contribution in [-0.4, -0.2) is 36.0 Å². The number of hydrogen-bond donors (Lipinski definition) is 2. The number of halogens is 1. The molecule has 2 fully saturated rings. The summed E-state index contributed by atoms with van der Waals surface area (Å²) in [5.41, 5.74) is 1.47. The normalized spacial score (nSPS) is 32.2. The minimum atomic E-state index is -0.337. The predicted octanol–water partition coefficient (Wildman–Crippen LogP) is 1.65. The second-order valence-corrected chi connectivity index (χ2v) is 5.96. The van der Waals surface area contributed by atoms with E-state index >= 15 is 0 Å². The van der Waals surface area contributed by atoms with Gasteiger partial charge >= 0.3 is 0 Å². The molecular weight excluding hydrogens is 257 g/mol. The van der Waals surface area contributed by atoms with Gasteiger partial charge in [0.2, 0.25) is 5.91 Å². The number of anilines is 1. The maximum absolute atomic E-state index is 13.2. The van der Waals surface area contributed by atoms with Gasteiger partial charge in [-0.15, -0.1) is 0 Å². The quantitative estimate of drug-likeness (QED) is 0.862. The van der Waals surface area contributed by atoms with Crippen LogP contribution in [0.4, 0.5) is 10.1 Å². The highest BCUT2D eigenvalue weighted by Gasteiger charge is 2.40. The smallest absolute Gasteiger partial charge is 0.246 e. The number of amides is 1. The lowest BCUT2D eigenvalue weighted by Gasteiger charge is -2.24. The molecule has 106 valence electrons. The van der Waals surface area contributed by atoms with Crippen LogP contribution in [0.1, 0.15) is 30.9 Å². The van der Waals surface area contributed by atoms with Gasteiger partial charge in [-0.25, -0.2) is 4.39 Å². The standard InChI is InChI=1S/C15H18FN3O/c16-9-3-4-10-12(8-9)18-15(20)14(10)17-11-5-7-19-6-1-2-13(11)19/h3-4,8,11,13-14,17H,1-2,5-7H2,(H,18,20). The van der Waals surface area contributed by atoms with E-state index in [1.165, 1.54) is 31.5 Å². The van der Waals surface area contributed by atoms with E-state index in [1.54, 1.807) is 6.07 Å². The number of hydrogen-bond acceptors (Lipinski definition) is 3. The van der Waals surface area contributed by atoms with Crippen molar-refractivity contribution in [2.24, 2.45) is 0 Å². The number of carbonyl (C=O) groups excluding carboxylic acids is 1. The number of nitrogens with one attached hydrogen (secondary N) is 2. The van der Waals surface area contributed by atoms with Gasteiger partial charge in [0.1, 0.15) is 11.9 Å². The Kier molecular flexibility index (Phi) is 2.79. The van der Waals surface area contributed by atoms with Crippen molar-refractivity contribution in [2.75, 3.05) is 18.4 Å². The zero-order chi connectivity index (χ0) is 13.7. The van der Waals surface area contributed by atoms with Gasteiger partial charge in [-0.3, -0.25) is 15.0 Å². The summed E-state index contributed by atoms with van der Waals surface area (Å²) in [6.07, 6.45) is 3.55. The Labute approximate surface area is 117 Å². The molecule has 0 radical (unpaired) electrons. The number of benzene rings is 1. The van der Waals surface area contributed by atoms with E-state index in [0.717, 1.165) is 18.5 Å². The van der Waals surface area contributed by atoms with Crippen molar-refractivity contribution in [2.45, 2.75) is 37.4 Å². The fourth-order valence-electron chi connectivity index (χ4n) is 3.89. The molecule has 0 saturated carbocycles. The SMILES string of the molecule is O=C1Nc2cc(F)ccc2C1NC1CCN2CCCC12. The van der Waals surface area contributed by atoms with E-state index in [1.807, 2.05) is 0 Å². The Morgan fingerprint density at radius 1 is 1.30 bits per heavy atom. The molecule has 0 bridgehead atoms. The van der Waals surface area contributed by atoms with Crippen molar-refractivity contribution in [1.29, 1.82) is 0 Å². The summed E-state index contributed by atoms with van der Waals surface area (Å²) in [5.74, 6) is -0.380. The van der Waals surface area contributed by atoms with E-state index in [0.29, 0.717) is 17.8 Å². The van der Waals surface area contributed by atoms with Crippen LogP contribution >= 0.6 is 0 Å². The van der Waals surface area contributed by atoms with Crippen LogP contribution in [0.2, 0.25) is 0 Å². The highest BCUT2D eigenvalue weighted by atomic mass is 19.1. The molecule has 3 aliphatic heterocycles. The zero-order valence-electron chi connectivity index (χ0n) is 11.2. The molecule has 3 heterocycles. The Bertz CT molecular complexity index is 562. The molecule has 3 aliphatic rings. The predicted molar refractivity (Wildman–Crippen MR) is 73.9 cm³/mol. The van der Waals surface area contributed by atoms with Crippen molar-refractivity contribution in [1.82, 2.24) is 10.2 Å². The largest absolute Gasteiger partial charge is 0.324 e. The summed E-state index contributed by atoms with van der Waals surface area (Å²) in [5, 5.41) is 6.27. The molecule has 1 amide bonds. The third-order valence-electron chi connectivity index (χ3n) is 4.83. The van der Waals surface area contributed by atoms with Crippen LogP contribution in [0.25, 0.3) is 0 Å². The van der Waals surface area contributed by atoms with Gasteiger partial charge in [0.25, 0.3) is 0 Å². The van der Waals surface area contributed by atoms with Crippen molar-refractivity contribution in [3.05, 3.63) is 29.6 Å². The average Bonchev–Trinajstić information content (AvgIpc) is 3.06. The first kappa shape index (κ1) is 12.3. The van der Waals surface area contributed by atoms with Crippen molar-refractivity contribution < 1.29 is 9.18 Å². The van der Waals surface area contributed by atoms with Crippen molar-refractivity contribution >= 4 is 11.6 Å². The first-order valence-corrected chi connectivity index (χ1v) is 7.33.